The number of nitrogens with zero attached hydrogens (tertiary/aromatic N) is 1. The summed E-state index contributed by atoms with van der Waals surface area (Å²) in [6, 6.07) is 24.0. The molecule has 0 radical (unpaired) electrons. The van der Waals surface area contributed by atoms with Gasteiger partial charge in [-0.15, -0.1) is 0 Å². The number of rotatable bonds is 13. The molecule has 0 saturated carbocycles. The number of amides is 4. The molecule has 1 atom stereocenters. The number of carbonyl (C=O) groups is 3. The van der Waals surface area contributed by atoms with Crippen molar-refractivity contribution in [2.45, 2.75) is 36.8 Å². The van der Waals surface area contributed by atoms with E-state index in [1.54, 1.807) is 42.5 Å². The van der Waals surface area contributed by atoms with Crippen molar-refractivity contribution in [1.29, 1.82) is 0 Å². The van der Waals surface area contributed by atoms with E-state index in [1.165, 1.54) is 12.1 Å². The van der Waals surface area contributed by atoms with Gasteiger partial charge >= 0.3 is 12.1 Å². The van der Waals surface area contributed by atoms with Crippen LogP contribution in [0.15, 0.2) is 95.9 Å². The van der Waals surface area contributed by atoms with Gasteiger partial charge in [-0.2, -0.15) is 0 Å². The fourth-order valence-corrected chi connectivity index (χ4v) is 4.86. The Morgan fingerprint density at radius 3 is 2.00 bits per heavy atom. The molecule has 0 aliphatic carbocycles. The van der Waals surface area contributed by atoms with Crippen molar-refractivity contribution in [3.05, 3.63) is 102 Å². The lowest BCUT2D eigenvalue weighted by Crippen LogP contribution is -2.52. The average molecular weight is 553 g/mol. The fourth-order valence-electron chi connectivity index (χ4n) is 3.76. The van der Waals surface area contributed by atoms with Crippen LogP contribution in [0.2, 0.25) is 0 Å². The molecule has 3 aromatic rings. The van der Waals surface area contributed by atoms with Crippen molar-refractivity contribution in [3.63, 3.8) is 0 Å². The van der Waals surface area contributed by atoms with Crippen molar-refractivity contribution >= 4 is 28.1 Å². The molecule has 0 heterocycles. The van der Waals surface area contributed by atoms with Gasteiger partial charge in [0.2, 0.25) is 10.0 Å². The minimum absolute atomic E-state index is 0.00232. The van der Waals surface area contributed by atoms with Crippen LogP contribution in [0.3, 0.4) is 0 Å². The minimum Gasteiger partial charge on any atom is -0.445 e. The Kier molecular flexibility index (Phi) is 11.0. The van der Waals surface area contributed by atoms with Gasteiger partial charge in [0.05, 0.1) is 4.90 Å². The zero-order chi connectivity index (χ0) is 28.1. The van der Waals surface area contributed by atoms with Crippen LogP contribution in [0, 0.1) is 0 Å². The van der Waals surface area contributed by atoms with Crippen LogP contribution in [-0.4, -0.2) is 50.5 Å². The smallest absolute Gasteiger partial charge is 0.408 e. The molecule has 3 aromatic carbocycles. The second-order valence-corrected chi connectivity index (χ2v) is 10.4. The van der Waals surface area contributed by atoms with Crippen molar-refractivity contribution in [2.75, 3.05) is 13.1 Å². The maximum Gasteiger partial charge on any atom is 0.408 e. The second-order valence-electron chi connectivity index (χ2n) is 8.68. The number of nitrogens with one attached hydrogen (secondary N) is 2. The van der Waals surface area contributed by atoms with Crippen LogP contribution in [0.1, 0.15) is 24.0 Å². The Bertz CT molecular complexity index is 1320. The molecule has 206 valence electrons. The Morgan fingerprint density at radius 2 is 1.41 bits per heavy atom. The highest BCUT2D eigenvalue weighted by molar-refractivity contribution is 7.89. The zero-order valence-electron chi connectivity index (χ0n) is 21.4. The molecule has 11 heteroatoms. The number of carbonyl (C=O) groups excluding carboxylic acids is 3. The topological polar surface area (TPSA) is 148 Å². The third-order valence-corrected chi connectivity index (χ3v) is 7.29. The molecule has 0 fully saturated rings. The summed E-state index contributed by atoms with van der Waals surface area (Å²) in [5.74, 6) is -0.707. The van der Waals surface area contributed by atoms with Crippen LogP contribution in [0.5, 0.6) is 0 Å². The zero-order valence-corrected chi connectivity index (χ0v) is 22.2. The molecule has 0 saturated heterocycles. The quantitative estimate of drug-likeness (QED) is 0.278. The fraction of sp³-hybridized carbons (Fsp3) is 0.250. The lowest BCUT2D eigenvalue weighted by atomic mass is 10.1. The average Bonchev–Trinajstić information content (AvgIpc) is 2.95. The monoisotopic (exact) mass is 552 g/mol. The highest BCUT2D eigenvalue weighted by Gasteiger charge is 2.29. The maximum absolute atomic E-state index is 13.3. The molecule has 0 bridgehead atoms. The Labute approximate surface area is 228 Å². The summed E-state index contributed by atoms with van der Waals surface area (Å²) in [6.07, 6.45) is -0.259. The summed E-state index contributed by atoms with van der Waals surface area (Å²) in [5.41, 5.74) is 7.17. The number of sulfonamides is 1. The number of imide groups is 1. The van der Waals surface area contributed by atoms with Crippen LogP contribution >= 0.6 is 0 Å². The van der Waals surface area contributed by atoms with Crippen LogP contribution < -0.4 is 15.8 Å². The summed E-state index contributed by atoms with van der Waals surface area (Å²) in [5, 5.41) is 2.51. The van der Waals surface area contributed by atoms with Gasteiger partial charge in [0.1, 0.15) is 12.6 Å². The summed E-state index contributed by atoms with van der Waals surface area (Å²) in [4.78, 5) is 39.1. The Hall–Kier alpha value is -4.22. The first-order valence-corrected chi connectivity index (χ1v) is 13.9. The molecule has 0 spiro atoms. The van der Waals surface area contributed by atoms with E-state index in [0.29, 0.717) is 6.42 Å². The van der Waals surface area contributed by atoms with E-state index in [4.69, 9.17) is 10.5 Å². The molecule has 0 aliphatic heterocycles. The van der Waals surface area contributed by atoms with Crippen LogP contribution in [0.25, 0.3) is 0 Å². The molecular weight excluding hydrogens is 520 g/mol. The van der Waals surface area contributed by atoms with E-state index in [-0.39, 0.29) is 37.4 Å². The van der Waals surface area contributed by atoms with Gasteiger partial charge in [0.25, 0.3) is 5.91 Å². The number of hydrogen-bond acceptors (Lipinski definition) is 6. The van der Waals surface area contributed by atoms with Gasteiger partial charge in [-0.25, -0.2) is 22.7 Å². The van der Waals surface area contributed by atoms with Crippen molar-refractivity contribution in [3.8, 4) is 0 Å². The molecular formula is C28H32N4O6S. The number of nitrogens with two attached hydrogens (primary N) is 1. The predicted molar refractivity (Wildman–Crippen MR) is 146 cm³/mol. The summed E-state index contributed by atoms with van der Waals surface area (Å²) in [6.45, 7) is -0.00358. The molecule has 39 heavy (non-hydrogen) atoms. The molecule has 10 nitrogen and oxygen atoms in total. The van der Waals surface area contributed by atoms with Crippen molar-refractivity contribution in [1.82, 2.24) is 14.9 Å². The molecule has 0 aromatic heterocycles. The third-order valence-electron chi connectivity index (χ3n) is 5.82. The van der Waals surface area contributed by atoms with E-state index < -0.39 is 34.1 Å². The molecule has 3 rings (SSSR count). The SMILES string of the molecule is NC(=O)N(CCc1ccccc1)C(=O)C(CCCNS(=O)(=O)c1ccccc1)NC(=O)OCc1ccccc1. The van der Waals surface area contributed by atoms with E-state index in [9.17, 15) is 22.8 Å². The number of hydrogen-bond donors (Lipinski definition) is 3. The highest BCUT2D eigenvalue weighted by atomic mass is 32.2. The summed E-state index contributed by atoms with van der Waals surface area (Å²) >= 11 is 0. The van der Waals surface area contributed by atoms with E-state index in [2.05, 4.69) is 10.0 Å². The van der Waals surface area contributed by atoms with Gasteiger partial charge in [0.15, 0.2) is 0 Å². The first-order chi connectivity index (χ1) is 18.8. The van der Waals surface area contributed by atoms with Gasteiger partial charge < -0.3 is 15.8 Å². The second kappa shape index (κ2) is 14.6. The summed E-state index contributed by atoms with van der Waals surface area (Å²) < 4.78 is 32.7. The van der Waals surface area contributed by atoms with Gasteiger partial charge in [-0.1, -0.05) is 78.9 Å². The van der Waals surface area contributed by atoms with Gasteiger partial charge in [-0.05, 0) is 42.5 Å². The first kappa shape index (κ1) is 29.3. The Morgan fingerprint density at radius 1 is 0.846 bits per heavy atom. The van der Waals surface area contributed by atoms with Crippen LogP contribution in [0.4, 0.5) is 9.59 Å². The minimum atomic E-state index is -3.74. The predicted octanol–water partition coefficient (Wildman–Crippen LogP) is 3.19. The Balaban J connectivity index is 1.65. The van der Waals surface area contributed by atoms with E-state index in [0.717, 1.165) is 16.0 Å². The lowest BCUT2D eigenvalue weighted by Gasteiger charge is -2.25. The molecule has 1 unspecified atom stereocenters. The number of primary amides is 1. The third kappa shape index (κ3) is 9.55. The van der Waals surface area contributed by atoms with Crippen molar-refractivity contribution < 1.29 is 27.5 Å². The molecule has 4 N–H and O–H groups in total. The van der Waals surface area contributed by atoms with E-state index in [1.807, 2.05) is 36.4 Å². The number of alkyl carbamates (subject to hydrolysis) is 1. The molecule has 0 aliphatic rings. The normalized spacial score (nSPS) is 11.8. The number of benzene rings is 3. The lowest BCUT2D eigenvalue weighted by molar-refractivity contribution is -0.130. The number of urea groups is 1. The molecule has 4 amide bonds. The summed E-state index contributed by atoms with van der Waals surface area (Å²) in [7, 11) is -3.74. The van der Waals surface area contributed by atoms with E-state index >= 15 is 0 Å². The largest absolute Gasteiger partial charge is 0.445 e. The van der Waals surface area contributed by atoms with Crippen LogP contribution in [-0.2, 0) is 32.6 Å². The first-order valence-electron chi connectivity index (χ1n) is 12.4. The highest BCUT2D eigenvalue weighted by Crippen LogP contribution is 2.10. The van der Waals surface area contributed by atoms with Gasteiger partial charge in [0, 0.05) is 13.1 Å². The van der Waals surface area contributed by atoms with Gasteiger partial charge in [-0.3, -0.25) is 9.69 Å². The van der Waals surface area contributed by atoms with Crippen molar-refractivity contribution in [2.24, 2.45) is 5.73 Å². The maximum atomic E-state index is 13.3. The number of ether oxygens (including phenoxy) is 1. The standard InChI is InChI=1S/C28H32N4O6S/c29-27(34)32(20-18-22-11-4-1-5-12-22)26(33)25(31-28(35)38-21-23-13-6-2-7-14-23)17-10-19-30-39(36,37)24-15-8-3-9-16-24/h1-9,11-16,25,30H,10,17-21H2,(H2,29,34)(H,31,35).